The van der Waals surface area contributed by atoms with Crippen LogP contribution in [0.3, 0.4) is 0 Å². The van der Waals surface area contributed by atoms with Crippen LogP contribution in [0.1, 0.15) is 20.1 Å². The van der Waals surface area contributed by atoms with E-state index in [1.165, 1.54) is 17.2 Å². The van der Waals surface area contributed by atoms with Gasteiger partial charge in [-0.2, -0.15) is 0 Å². The second-order valence-electron chi connectivity index (χ2n) is 6.48. The third-order valence-electron chi connectivity index (χ3n) is 4.38. The largest absolute Gasteiger partial charge is 0.480 e. The summed E-state index contributed by atoms with van der Waals surface area (Å²) in [5.74, 6) is -0.976. The summed E-state index contributed by atoms with van der Waals surface area (Å²) in [7, 11) is 0. The number of carboxylic acids is 1. The van der Waals surface area contributed by atoms with Crippen molar-refractivity contribution in [2.24, 2.45) is 5.92 Å². The lowest BCUT2D eigenvalue weighted by Crippen LogP contribution is -2.34. The first-order chi connectivity index (χ1) is 12.3. The van der Waals surface area contributed by atoms with Crippen molar-refractivity contribution < 1.29 is 30.0 Å². The molecule has 0 amide bonds. The summed E-state index contributed by atoms with van der Waals surface area (Å²) >= 11 is 0. The number of hydrogen-bond donors (Lipinski definition) is 5. The number of rotatable bonds is 6. The van der Waals surface area contributed by atoms with Crippen LogP contribution in [0, 0.1) is 5.92 Å². The van der Waals surface area contributed by atoms with Crippen LogP contribution in [0.15, 0.2) is 12.7 Å². The zero-order valence-electron chi connectivity index (χ0n) is 14.2. The van der Waals surface area contributed by atoms with Gasteiger partial charge in [-0.25, -0.2) is 19.7 Å². The van der Waals surface area contributed by atoms with E-state index in [0.717, 1.165) is 0 Å². The highest BCUT2D eigenvalue weighted by molar-refractivity contribution is 5.86. The van der Waals surface area contributed by atoms with Gasteiger partial charge in [0, 0.05) is 0 Å². The highest BCUT2D eigenvalue weighted by Crippen LogP contribution is 2.32. The summed E-state index contributed by atoms with van der Waals surface area (Å²) in [6.07, 6.45) is -1.85. The van der Waals surface area contributed by atoms with Crippen molar-refractivity contribution >= 4 is 23.0 Å². The van der Waals surface area contributed by atoms with Crippen molar-refractivity contribution in [1.82, 2.24) is 19.5 Å². The van der Waals surface area contributed by atoms with Crippen LogP contribution in [-0.4, -0.2) is 76.9 Å². The van der Waals surface area contributed by atoms with E-state index in [2.05, 4.69) is 20.3 Å². The molecule has 11 heteroatoms. The zero-order valence-corrected chi connectivity index (χ0v) is 14.2. The number of nitrogens with zero attached hydrogens (tertiary/aromatic N) is 4. The molecule has 1 saturated heterocycles. The van der Waals surface area contributed by atoms with Gasteiger partial charge in [-0.15, -0.1) is 0 Å². The van der Waals surface area contributed by atoms with E-state index in [4.69, 9.17) is 4.74 Å². The molecule has 0 aliphatic carbocycles. The third-order valence-corrected chi connectivity index (χ3v) is 4.38. The molecular formula is C15H21N5O6. The number of aromatic nitrogens is 4. The Hall–Kier alpha value is -2.34. The summed E-state index contributed by atoms with van der Waals surface area (Å²) in [6, 6.07) is -0.868. The molecule has 5 N–H and O–H groups in total. The fourth-order valence-electron chi connectivity index (χ4n) is 2.91. The molecule has 0 spiro atoms. The number of hydrogen-bond acceptors (Lipinski definition) is 9. The van der Waals surface area contributed by atoms with Gasteiger partial charge in [0.25, 0.3) is 0 Å². The van der Waals surface area contributed by atoms with Crippen LogP contribution < -0.4 is 5.32 Å². The molecule has 1 fully saturated rings. The van der Waals surface area contributed by atoms with Crippen LogP contribution >= 0.6 is 0 Å². The highest BCUT2D eigenvalue weighted by Gasteiger charge is 2.44. The summed E-state index contributed by atoms with van der Waals surface area (Å²) in [4.78, 5) is 23.8. The van der Waals surface area contributed by atoms with Crippen molar-refractivity contribution in [2.75, 3.05) is 11.9 Å². The smallest absolute Gasteiger partial charge is 0.326 e. The molecule has 0 bridgehead atoms. The molecule has 0 aromatic carbocycles. The molecule has 1 unspecified atom stereocenters. The van der Waals surface area contributed by atoms with Gasteiger partial charge in [0.15, 0.2) is 23.2 Å². The molecule has 11 nitrogen and oxygen atoms in total. The summed E-state index contributed by atoms with van der Waals surface area (Å²) in [6.45, 7) is 3.08. The molecule has 0 saturated carbocycles. The Balaban J connectivity index is 1.96. The number of aliphatic hydroxyl groups excluding tert-OH is 3. The number of aliphatic carboxylic acids is 1. The number of carboxylic acid groups (broad SMARTS) is 1. The lowest BCUT2D eigenvalue weighted by Gasteiger charge is -2.19. The van der Waals surface area contributed by atoms with Crippen molar-refractivity contribution in [1.29, 1.82) is 0 Å². The monoisotopic (exact) mass is 367 g/mol. The normalized spacial score (nSPS) is 27.2. The average molecular weight is 367 g/mol. The number of fused-ring (bicyclic) bond motifs is 1. The number of anilines is 1. The topological polar surface area (TPSA) is 163 Å². The van der Waals surface area contributed by atoms with E-state index in [1.807, 2.05) is 0 Å². The summed E-state index contributed by atoms with van der Waals surface area (Å²) < 4.78 is 6.90. The zero-order chi connectivity index (χ0) is 19.0. The highest BCUT2D eigenvalue weighted by atomic mass is 16.6. The second-order valence-corrected chi connectivity index (χ2v) is 6.48. The van der Waals surface area contributed by atoms with Gasteiger partial charge in [0.2, 0.25) is 0 Å². The predicted molar refractivity (Wildman–Crippen MR) is 88.2 cm³/mol. The molecule has 2 aromatic heterocycles. The van der Waals surface area contributed by atoms with Crippen molar-refractivity contribution in [2.45, 2.75) is 44.4 Å². The van der Waals surface area contributed by atoms with Crippen LogP contribution in [0.4, 0.5) is 5.82 Å². The maximum atomic E-state index is 11.4. The third kappa shape index (κ3) is 3.09. The number of carbonyl (C=O) groups is 1. The Morgan fingerprint density at radius 3 is 2.62 bits per heavy atom. The Labute approximate surface area is 148 Å². The molecule has 3 rings (SSSR count). The SMILES string of the molecule is CC(C)[C@@H](Nc1ncnc2c1ncn2[C@@H]1O[C@H](CO)[C@H](O)C1O)C(=O)O. The molecular weight excluding hydrogens is 346 g/mol. The lowest BCUT2D eigenvalue weighted by atomic mass is 10.1. The summed E-state index contributed by atoms with van der Waals surface area (Å²) in [5, 5.41) is 41.5. The van der Waals surface area contributed by atoms with E-state index >= 15 is 0 Å². The standard InChI is InChI=1S/C15H21N5O6/c1-6(2)8(15(24)25)19-12-9-13(17-4-16-12)20(5-18-9)14-11(23)10(22)7(3-21)26-14/h4-8,10-11,14,21-23H,3H2,1-2H3,(H,24,25)(H,16,17,19)/t7-,8-,10+,11?,14-/m1/s1. The maximum Gasteiger partial charge on any atom is 0.326 e. The Bertz CT molecular complexity index is 796. The van der Waals surface area contributed by atoms with Gasteiger partial charge in [0.1, 0.15) is 30.7 Å². The molecule has 5 atom stereocenters. The molecule has 26 heavy (non-hydrogen) atoms. The van der Waals surface area contributed by atoms with Crippen LogP contribution in [0.25, 0.3) is 11.2 Å². The first kappa shape index (κ1) is 18.5. The van der Waals surface area contributed by atoms with Crippen molar-refractivity contribution in [3.05, 3.63) is 12.7 Å². The minimum absolute atomic E-state index is 0.194. The quantitative estimate of drug-likeness (QED) is 0.426. The second kappa shape index (κ2) is 7.11. The minimum atomic E-state index is -1.28. The van der Waals surface area contributed by atoms with Gasteiger partial charge < -0.3 is 30.5 Å². The predicted octanol–water partition coefficient (Wildman–Crippen LogP) is -1.04. The first-order valence-corrected chi connectivity index (χ1v) is 8.14. The Kier molecular flexibility index (Phi) is 5.05. The molecule has 3 heterocycles. The Morgan fingerprint density at radius 2 is 2.04 bits per heavy atom. The van der Waals surface area contributed by atoms with E-state index in [-0.39, 0.29) is 11.7 Å². The number of nitrogens with one attached hydrogen (secondary N) is 1. The van der Waals surface area contributed by atoms with Gasteiger partial charge >= 0.3 is 5.97 Å². The fourth-order valence-corrected chi connectivity index (χ4v) is 2.91. The number of ether oxygens (including phenoxy) is 1. The number of aliphatic hydroxyl groups is 3. The van der Waals surface area contributed by atoms with E-state index in [1.54, 1.807) is 13.8 Å². The van der Waals surface area contributed by atoms with Gasteiger partial charge in [-0.3, -0.25) is 4.57 Å². The van der Waals surface area contributed by atoms with E-state index in [0.29, 0.717) is 11.2 Å². The van der Waals surface area contributed by atoms with E-state index in [9.17, 15) is 25.2 Å². The average Bonchev–Trinajstić information content (AvgIpc) is 3.14. The molecule has 0 radical (unpaired) electrons. The van der Waals surface area contributed by atoms with E-state index < -0.39 is 43.2 Å². The van der Waals surface area contributed by atoms with Crippen LogP contribution in [0.5, 0.6) is 0 Å². The Morgan fingerprint density at radius 1 is 1.31 bits per heavy atom. The van der Waals surface area contributed by atoms with Gasteiger partial charge in [0.05, 0.1) is 12.9 Å². The van der Waals surface area contributed by atoms with Crippen LogP contribution in [-0.2, 0) is 9.53 Å². The fraction of sp³-hybridized carbons (Fsp3) is 0.600. The first-order valence-electron chi connectivity index (χ1n) is 8.14. The molecule has 2 aromatic rings. The van der Waals surface area contributed by atoms with Gasteiger partial charge in [-0.1, -0.05) is 13.8 Å². The van der Waals surface area contributed by atoms with Crippen molar-refractivity contribution in [3.8, 4) is 0 Å². The lowest BCUT2D eigenvalue weighted by molar-refractivity contribution is -0.138. The van der Waals surface area contributed by atoms with Gasteiger partial charge in [-0.05, 0) is 5.92 Å². The summed E-state index contributed by atoms with van der Waals surface area (Å²) in [5.41, 5.74) is 0.599. The van der Waals surface area contributed by atoms with Crippen molar-refractivity contribution in [3.63, 3.8) is 0 Å². The molecule has 1 aliphatic heterocycles. The molecule has 142 valence electrons. The maximum absolute atomic E-state index is 11.4. The number of imidazole rings is 1. The van der Waals surface area contributed by atoms with Crippen LogP contribution in [0.2, 0.25) is 0 Å². The minimum Gasteiger partial charge on any atom is -0.480 e. The molecule has 1 aliphatic rings.